The number of thiazole rings is 1. The topological polar surface area (TPSA) is 97.4 Å². The van der Waals surface area contributed by atoms with E-state index in [1.54, 1.807) is 47.4 Å². The lowest BCUT2D eigenvalue weighted by molar-refractivity contribution is 0.0954. The number of hydrogen-bond donors (Lipinski definition) is 2. The second-order valence-electron chi connectivity index (χ2n) is 6.50. The highest BCUT2D eigenvalue weighted by molar-refractivity contribution is 7.98. The van der Waals surface area contributed by atoms with Gasteiger partial charge in [-0.15, -0.1) is 23.1 Å². The molecule has 164 valence electrons. The van der Waals surface area contributed by atoms with E-state index in [4.69, 9.17) is 4.74 Å². The summed E-state index contributed by atoms with van der Waals surface area (Å²) in [6, 6.07) is 13.4. The molecule has 0 fully saturated rings. The average molecular weight is 478 g/mol. The predicted molar refractivity (Wildman–Crippen MR) is 123 cm³/mol. The van der Waals surface area contributed by atoms with Crippen LogP contribution in [0.1, 0.15) is 21.1 Å². The Morgan fingerprint density at radius 2 is 1.81 bits per heavy atom. The van der Waals surface area contributed by atoms with Crippen LogP contribution in [0, 0.1) is 6.92 Å². The number of aromatic nitrogens is 1. The van der Waals surface area contributed by atoms with Crippen molar-refractivity contribution < 1.29 is 17.9 Å². The maximum absolute atomic E-state index is 12.3. The number of aryl methyl sites for hydroxylation is 1. The highest BCUT2D eigenvalue weighted by atomic mass is 32.2. The van der Waals surface area contributed by atoms with Gasteiger partial charge in [0, 0.05) is 34.7 Å². The van der Waals surface area contributed by atoms with E-state index in [2.05, 4.69) is 15.0 Å². The zero-order valence-corrected chi connectivity index (χ0v) is 19.6. The summed E-state index contributed by atoms with van der Waals surface area (Å²) in [6.07, 6.45) is 0. The van der Waals surface area contributed by atoms with Crippen molar-refractivity contribution in [2.75, 3.05) is 20.2 Å². The van der Waals surface area contributed by atoms with E-state index >= 15 is 0 Å². The zero-order chi connectivity index (χ0) is 22.3. The molecule has 3 aromatic rings. The van der Waals surface area contributed by atoms with Crippen LogP contribution in [0.4, 0.5) is 0 Å². The first-order valence-corrected chi connectivity index (χ1v) is 12.8. The number of methoxy groups -OCH3 is 1. The molecule has 0 atom stereocenters. The molecule has 3 rings (SSSR count). The van der Waals surface area contributed by atoms with Crippen molar-refractivity contribution in [2.45, 2.75) is 22.5 Å². The number of rotatable bonds is 10. The summed E-state index contributed by atoms with van der Waals surface area (Å²) in [5, 5.41) is 5.82. The Bertz CT molecular complexity index is 1110. The molecule has 0 aliphatic rings. The highest BCUT2D eigenvalue weighted by Gasteiger charge is 2.13. The Morgan fingerprint density at radius 1 is 1.10 bits per heavy atom. The third-order valence-corrected chi connectivity index (χ3v) is 7.59. The second kappa shape index (κ2) is 10.8. The molecular weight excluding hydrogens is 454 g/mol. The fourth-order valence-electron chi connectivity index (χ4n) is 2.64. The van der Waals surface area contributed by atoms with E-state index in [1.165, 1.54) is 19.2 Å². The van der Waals surface area contributed by atoms with E-state index in [1.807, 2.05) is 24.4 Å². The molecule has 0 bridgehead atoms. The minimum atomic E-state index is -3.65. The summed E-state index contributed by atoms with van der Waals surface area (Å²) in [5.74, 6) is 1.11. The Hall–Kier alpha value is -2.40. The van der Waals surface area contributed by atoms with Gasteiger partial charge in [0.05, 0.1) is 22.7 Å². The van der Waals surface area contributed by atoms with Gasteiger partial charge in [-0.05, 0) is 55.5 Å². The van der Waals surface area contributed by atoms with Crippen LogP contribution in [0.2, 0.25) is 0 Å². The maximum atomic E-state index is 12.3. The summed E-state index contributed by atoms with van der Waals surface area (Å²) in [5.41, 5.74) is 1.57. The second-order valence-corrected chi connectivity index (χ2v) is 10.4. The Morgan fingerprint density at radius 3 is 2.42 bits per heavy atom. The first kappa shape index (κ1) is 23.3. The molecule has 0 unspecified atom stereocenters. The highest BCUT2D eigenvalue weighted by Crippen LogP contribution is 2.23. The quantitative estimate of drug-likeness (QED) is 0.343. The molecule has 1 heterocycles. The van der Waals surface area contributed by atoms with E-state index in [0.29, 0.717) is 11.3 Å². The van der Waals surface area contributed by atoms with Gasteiger partial charge in [-0.25, -0.2) is 18.1 Å². The summed E-state index contributed by atoms with van der Waals surface area (Å²) in [7, 11) is -2.13. The zero-order valence-electron chi connectivity index (χ0n) is 17.1. The monoisotopic (exact) mass is 477 g/mol. The predicted octanol–water partition coefficient (Wildman–Crippen LogP) is 3.46. The lowest BCUT2D eigenvalue weighted by Crippen LogP contribution is -2.34. The Labute approximate surface area is 190 Å². The molecule has 1 amide bonds. The summed E-state index contributed by atoms with van der Waals surface area (Å²) in [6.45, 7) is 2.24. The number of carbonyl (C=O) groups excluding carboxylic acids is 1. The van der Waals surface area contributed by atoms with Crippen LogP contribution in [0.5, 0.6) is 5.75 Å². The molecule has 2 aromatic carbocycles. The van der Waals surface area contributed by atoms with Gasteiger partial charge in [0.25, 0.3) is 5.91 Å². The third-order valence-electron chi connectivity index (χ3n) is 4.24. The fraction of sp³-hybridized carbons (Fsp3) is 0.238. The lowest BCUT2D eigenvalue weighted by Gasteiger charge is -2.09. The summed E-state index contributed by atoms with van der Waals surface area (Å²) < 4.78 is 32.1. The van der Waals surface area contributed by atoms with Crippen LogP contribution in [0.15, 0.2) is 63.7 Å². The van der Waals surface area contributed by atoms with Crippen molar-refractivity contribution in [1.82, 2.24) is 15.0 Å². The third kappa shape index (κ3) is 6.79. The maximum Gasteiger partial charge on any atom is 0.251 e. The number of hydrogen-bond acceptors (Lipinski definition) is 7. The van der Waals surface area contributed by atoms with Gasteiger partial charge in [-0.1, -0.05) is 0 Å². The molecule has 0 radical (unpaired) electrons. The van der Waals surface area contributed by atoms with Crippen LogP contribution in [-0.4, -0.2) is 39.5 Å². The van der Waals surface area contributed by atoms with Gasteiger partial charge >= 0.3 is 0 Å². The number of nitrogens with zero attached hydrogens (tertiary/aromatic N) is 1. The number of amides is 1. The van der Waals surface area contributed by atoms with E-state index in [0.717, 1.165) is 21.3 Å². The van der Waals surface area contributed by atoms with Gasteiger partial charge in [0.15, 0.2) is 0 Å². The first-order valence-electron chi connectivity index (χ1n) is 9.43. The van der Waals surface area contributed by atoms with Crippen molar-refractivity contribution in [3.63, 3.8) is 0 Å². The summed E-state index contributed by atoms with van der Waals surface area (Å²) >= 11 is 3.29. The van der Waals surface area contributed by atoms with Crippen molar-refractivity contribution in [1.29, 1.82) is 0 Å². The van der Waals surface area contributed by atoms with Crippen LogP contribution in [0.25, 0.3) is 0 Å². The van der Waals surface area contributed by atoms with Crippen LogP contribution < -0.4 is 14.8 Å². The van der Waals surface area contributed by atoms with Crippen molar-refractivity contribution in [3.8, 4) is 5.75 Å². The molecule has 0 saturated carbocycles. The standard InChI is InChI=1S/C21H23N3O4S3/c1-15-24-17(13-29-15)14-30-19-7-3-16(4-8-19)21(25)22-11-12-23-31(26,27)20-9-5-18(28-2)6-10-20/h3-10,13,23H,11-12,14H2,1-2H3,(H,22,25). The molecular formula is C21H23N3O4S3. The van der Waals surface area contributed by atoms with E-state index in [9.17, 15) is 13.2 Å². The smallest absolute Gasteiger partial charge is 0.251 e. The lowest BCUT2D eigenvalue weighted by atomic mass is 10.2. The van der Waals surface area contributed by atoms with Crippen LogP contribution in [0.3, 0.4) is 0 Å². The normalized spacial score (nSPS) is 11.3. The molecule has 0 aliphatic heterocycles. The van der Waals surface area contributed by atoms with Gasteiger partial charge in [0.1, 0.15) is 5.75 Å². The van der Waals surface area contributed by atoms with E-state index in [-0.39, 0.29) is 23.9 Å². The number of nitrogens with one attached hydrogen (secondary N) is 2. The van der Waals surface area contributed by atoms with E-state index < -0.39 is 10.0 Å². The Kier molecular flexibility index (Phi) is 8.08. The van der Waals surface area contributed by atoms with Gasteiger partial charge in [-0.2, -0.15) is 0 Å². The van der Waals surface area contributed by atoms with Crippen molar-refractivity contribution >= 4 is 39.0 Å². The molecule has 0 spiro atoms. The Balaban J connectivity index is 1.43. The molecule has 2 N–H and O–H groups in total. The average Bonchev–Trinajstić information content (AvgIpc) is 3.20. The summed E-state index contributed by atoms with van der Waals surface area (Å²) in [4.78, 5) is 17.9. The SMILES string of the molecule is COc1ccc(S(=O)(=O)NCCNC(=O)c2ccc(SCc3csc(C)n3)cc2)cc1. The first-order chi connectivity index (χ1) is 14.9. The van der Waals surface area contributed by atoms with Crippen LogP contribution in [-0.2, 0) is 15.8 Å². The molecule has 0 aliphatic carbocycles. The van der Waals surface area contributed by atoms with Gasteiger partial charge in [0.2, 0.25) is 10.0 Å². The minimum absolute atomic E-state index is 0.0844. The number of ether oxygens (including phenoxy) is 1. The fourth-order valence-corrected chi connectivity index (χ4v) is 5.18. The van der Waals surface area contributed by atoms with Gasteiger partial charge < -0.3 is 10.1 Å². The molecule has 31 heavy (non-hydrogen) atoms. The molecule has 1 aromatic heterocycles. The van der Waals surface area contributed by atoms with Crippen molar-refractivity contribution in [2.24, 2.45) is 0 Å². The number of thioether (sulfide) groups is 1. The number of sulfonamides is 1. The van der Waals surface area contributed by atoms with Crippen molar-refractivity contribution in [3.05, 3.63) is 70.2 Å². The van der Waals surface area contributed by atoms with Crippen LogP contribution >= 0.6 is 23.1 Å². The van der Waals surface area contributed by atoms with Gasteiger partial charge in [-0.3, -0.25) is 4.79 Å². The minimum Gasteiger partial charge on any atom is -0.497 e. The molecule has 7 nitrogen and oxygen atoms in total. The number of carbonyl (C=O) groups is 1. The largest absolute Gasteiger partial charge is 0.497 e. The molecule has 10 heteroatoms. The number of benzene rings is 2. The molecule has 0 saturated heterocycles.